The van der Waals surface area contributed by atoms with Crippen LogP contribution in [-0.2, 0) is 4.74 Å². The first kappa shape index (κ1) is 16.2. The Balaban J connectivity index is 2.25. The number of rotatable bonds is 5. The molecule has 2 unspecified atom stereocenters. The van der Waals surface area contributed by atoms with Crippen LogP contribution < -0.4 is 16.0 Å². The Morgan fingerprint density at radius 3 is 2.74 bits per heavy atom. The highest BCUT2D eigenvalue weighted by molar-refractivity contribution is 5.67. The summed E-state index contributed by atoms with van der Waals surface area (Å²) < 4.78 is 5.23. The molecule has 5 heteroatoms. The van der Waals surface area contributed by atoms with E-state index in [9.17, 15) is 4.79 Å². The Kier molecular flexibility index (Phi) is 6.58. The van der Waals surface area contributed by atoms with Gasteiger partial charge in [-0.1, -0.05) is 6.92 Å². The van der Waals surface area contributed by atoms with Gasteiger partial charge in [0, 0.05) is 25.2 Å². The molecule has 3 N–H and O–H groups in total. The standard InChI is InChI=1S/C14H29N3O2/c1-5-11(17-12-7-6-8-15-9-12)10-16-13(18)19-14(2,3)4/h11-12,15,17H,5-10H2,1-4H3,(H,16,18). The summed E-state index contributed by atoms with van der Waals surface area (Å²) in [5.41, 5.74) is -0.438. The van der Waals surface area contributed by atoms with Crippen molar-refractivity contribution >= 4 is 6.09 Å². The van der Waals surface area contributed by atoms with Crippen LogP contribution in [0.4, 0.5) is 4.79 Å². The van der Waals surface area contributed by atoms with Gasteiger partial charge in [0.25, 0.3) is 0 Å². The quantitative estimate of drug-likeness (QED) is 0.711. The second-order valence-electron chi connectivity index (χ2n) is 6.20. The van der Waals surface area contributed by atoms with Crippen LogP contribution in [0, 0.1) is 0 Å². The third kappa shape index (κ3) is 7.38. The minimum atomic E-state index is -0.438. The van der Waals surface area contributed by atoms with E-state index in [0.717, 1.165) is 19.5 Å². The summed E-state index contributed by atoms with van der Waals surface area (Å²) in [6.07, 6.45) is 3.07. The van der Waals surface area contributed by atoms with Gasteiger partial charge >= 0.3 is 6.09 Å². The zero-order valence-corrected chi connectivity index (χ0v) is 12.7. The van der Waals surface area contributed by atoms with Crippen LogP contribution in [0.25, 0.3) is 0 Å². The number of carbonyl (C=O) groups excluding carboxylic acids is 1. The molecule has 1 aliphatic rings. The third-order valence-electron chi connectivity index (χ3n) is 3.15. The molecule has 1 fully saturated rings. The van der Waals surface area contributed by atoms with Gasteiger partial charge in [-0.05, 0) is 46.6 Å². The maximum absolute atomic E-state index is 11.6. The van der Waals surface area contributed by atoms with Gasteiger partial charge in [-0.3, -0.25) is 0 Å². The van der Waals surface area contributed by atoms with Crippen LogP contribution >= 0.6 is 0 Å². The number of amides is 1. The lowest BCUT2D eigenvalue weighted by atomic mass is 10.1. The first-order chi connectivity index (χ1) is 8.90. The Labute approximate surface area is 116 Å². The van der Waals surface area contributed by atoms with E-state index in [4.69, 9.17) is 4.74 Å². The van der Waals surface area contributed by atoms with Gasteiger partial charge in [-0.15, -0.1) is 0 Å². The highest BCUT2D eigenvalue weighted by atomic mass is 16.6. The maximum Gasteiger partial charge on any atom is 0.407 e. The molecule has 0 aromatic rings. The summed E-state index contributed by atoms with van der Waals surface area (Å²) in [5, 5.41) is 9.81. The molecule has 0 aromatic carbocycles. The predicted molar refractivity (Wildman–Crippen MR) is 77.3 cm³/mol. The van der Waals surface area contributed by atoms with Crippen LogP contribution in [0.3, 0.4) is 0 Å². The van der Waals surface area contributed by atoms with E-state index in [1.165, 1.54) is 12.8 Å². The van der Waals surface area contributed by atoms with Crippen LogP contribution in [0.1, 0.15) is 47.0 Å². The molecule has 1 aliphatic heterocycles. The molecule has 0 spiro atoms. The van der Waals surface area contributed by atoms with Gasteiger partial charge in [0.2, 0.25) is 0 Å². The van der Waals surface area contributed by atoms with E-state index in [1.807, 2.05) is 20.8 Å². The number of ether oxygens (including phenoxy) is 1. The average Bonchev–Trinajstić information content (AvgIpc) is 2.33. The van der Waals surface area contributed by atoms with Crippen molar-refractivity contribution in [1.82, 2.24) is 16.0 Å². The molecule has 0 bridgehead atoms. The minimum absolute atomic E-state index is 0.303. The van der Waals surface area contributed by atoms with E-state index in [0.29, 0.717) is 18.6 Å². The van der Waals surface area contributed by atoms with Gasteiger partial charge in [0.1, 0.15) is 5.60 Å². The summed E-state index contributed by atoms with van der Waals surface area (Å²) in [4.78, 5) is 11.6. The highest BCUT2D eigenvalue weighted by Crippen LogP contribution is 2.07. The summed E-state index contributed by atoms with van der Waals surface area (Å²) in [6, 6.07) is 0.816. The SMILES string of the molecule is CCC(CNC(=O)OC(C)(C)C)NC1CCCNC1. The molecule has 1 amide bonds. The maximum atomic E-state index is 11.6. The van der Waals surface area contributed by atoms with Gasteiger partial charge in [0.15, 0.2) is 0 Å². The van der Waals surface area contributed by atoms with Gasteiger partial charge < -0.3 is 20.7 Å². The molecule has 1 rings (SSSR count). The lowest BCUT2D eigenvalue weighted by Gasteiger charge is -2.29. The Hall–Kier alpha value is -0.810. The summed E-state index contributed by atoms with van der Waals surface area (Å²) in [5.74, 6) is 0. The van der Waals surface area contributed by atoms with Crippen LogP contribution in [-0.4, -0.2) is 43.4 Å². The van der Waals surface area contributed by atoms with Crippen molar-refractivity contribution in [3.63, 3.8) is 0 Å². The molecule has 19 heavy (non-hydrogen) atoms. The van der Waals surface area contributed by atoms with E-state index >= 15 is 0 Å². The first-order valence-corrected chi connectivity index (χ1v) is 7.34. The molecular weight excluding hydrogens is 242 g/mol. The van der Waals surface area contributed by atoms with Crippen molar-refractivity contribution in [2.75, 3.05) is 19.6 Å². The van der Waals surface area contributed by atoms with Gasteiger partial charge in [-0.2, -0.15) is 0 Å². The lowest BCUT2D eigenvalue weighted by molar-refractivity contribution is 0.0521. The zero-order chi connectivity index (χ0) is 14.3. The smallest absolute Gasteiger partial charge is 0.407 e. The molecule has 1 heterocycles. The van der Waals surface area contributed by atoms with Crippen molar-refractivity contribution in [3.8, 4) is 0 Å². The molecule has 0 aliphatic carbocycles. The third-order valence-corrected chi connectivity index (χ3v) is 3.15. The molecule has 0 aromatic heterocycles. The van der Waals surface area contributed by atoms with E-state index < -0.39 is 5.60 Å². The Morgan fingerprint density at radius 2 is 2.21 bits per heavy atom. The molecule has 112 valence electrons. The van der Waals surface area contributed by atoms with Crippen LogP contribution in [0.5, 0.6) is 0 Å². The molecule has 0 saturated carbocycles. The van der Waals surface area contributed by atoms with Crippen molar-refractivity contribution in [2.24, 2.45) is 0 Å². The Bertz CT molecular complexity index is 270. The molecule has 2 atom stereocenters. The molecule has 0 radical (unpaired) electrons. The van der Waals surface area contributed by atoms with Crippen LogP contribution in [0.15, 0.2) is 0 Å². The van der Waals surface area contributed by atoms with E-state index in [1.54, 1.807) is 0 Å². The zero-order valence-electron chi connectivity index (χ0n) is 12.7. The fourth-order valence-corrected chi connectivity index (χ4v) is 2.17. The predicted octanol–water partition coefficient (Wildman–Crippen LogP) is 1.63. The monoisotopic (exact) mass is 271 g/mol. The fraction of sp³-hybridized carbons (Fsp3) is 0.929. The van der Waals surface area contributed by atoms with Gasteiger partial charge in [0.05, 0.1) is 0 Å². The lowest BCUT2D eigenvalue weighted by Crippen LogP contribution is -2.51. The topological polar surface area (TPSA) is 62.4 Å². The van der Waals surface area contributed by atoms with Crippen molar-refractivity contribution in [1.29, 1.82) is 0 Å². The number of carbonyl (C=O) groups is 1. The van der Waals surface area contributed by atoms with Crippen molar-refractivity contribution in [2.45, 2.75) is 64.6 Å². The highest BCUT2D eigenvalue weighted by Gasteiger charge is 2.19. The van der Waals surface area contributed by atoms with Gasteiger partial charge in [-0.25, -0.2) is 4.79 Å². The Morgan fingerprint density at radius 1 is 1.47 bits per heavy atom. The van der Waals surface area contributed by atoms with E-state index in [-0.39, 0.29) is 6.09 Å². The largest absolute Gasteiger partial charge is 0.444 e. The summed E-state index contributed by atoms with van der Waals surface area (Å²) in [6.45, 7) is 10.5. The number of alkyl carbamates (subject to hydrolysis) is 1. The van der Waals surface area contributed by atoms with Crippen molar-refractivity contribution < 1.29 is 9.53 Å². The second kappa shape index (κ2) is 7.70. The normalized spacial score (nSPS) is 21.8. The van der Waals surface area contributed by atoms with Crippen LogP contribution in [0.2, 0.25) is 0 Å². The number of hydrogen-bond acceptors (Lipinski definition) is 4. The number of nitrogens with one attached hydrogen (secondary N) is 3. The molecular formula is C14H29N3O2. The average molecular weight is 271 g/mol. The number of hydrogen-bond donors (Lipinski definition) is 3. The number of piperidine rings is 1. The van der Waals surface area contributed by atoms with E-state index in [2.05, 4.69) is 22.9 Å². The molecule has 1 saturated heterocycles. The first-order valence-electron chi connectivity index (χ1n) is 7.34. The summed E-state index contributed by atoms with van der Waals surface area (Å²) in [7, 11) is 0. The second-order valence-corrected chi connectivity index (χ2v) is 6.20. The van der Waals surface area contributed by atoms with Crippen molar-refractivity contribution in [3.05, 3.63) is 0 Å². The fourth-order valence-electron chi connectivity index (χ4n) is 2.17. The molecule has 5 nitrogen and oxygen atoms in total. The minimum Gasteiger partial charge on any atom is -0.444 e. The summed E-state index contributed by atoms with van der Waals surface area (Å²) >= 11 is 0.